The standard InChI is InChI=1S/C3H7NO2.C3H6O3P/c1-2-6-3(4)5;4-7-5-2-1-3-6-7/h2H2,1H3,(H2,4,5);1-3H2/q;+1. The maximum Gasteiger partial charge on any atom is 0.697 e. The lowest BCUT2D eigenvalue weighted by Gasteiger charge is -1.94. The molecule has 1 fully saturated rings. The van der Waals surface area contributed by atoms with Crippen LogP contribution in [0.15, 0.2) is 0 Å². The second-order valence-electron chi connectivity index (χ2n) is 2.00. The molecular formula is C6H13NO5P+. The van der Waals surface area contributed by atoms with E-state index in [2.05, 4.69) is 19.5 Å². The zero-order valence-electron chi connectivity index (χ0n) is 7.39. The van der Waals surface area contributed by atoms with Crippen molar-refractivity contribution in [3.05, 3.63) is 0 Å². The van der Waals surface area contributed by atoms with Gasteiger partial charge in [0.25, 0.3) is 0 Å². The van der Waals surface area contributed by atoms with Gasteiger partial charge in [0.2, 0.25) is 0 Å². The van der Waals surface area contributed by atoms with Gasteiger partial charge in [0.1, 0.15) is 13.2 Å². The maximum absolute atomic E-state index is 10.2. The van der Waals surface area contributed by atoms with Crippen LogP contribution >= 0.6 is 8.25 Å². The highest BCUT2D eigenvalue weighted by molar-refractivity contribution is 7.33. The summed E-state index contributed by atoms with van der Waals surface area (Å²) in [5.74, 6) is 0. The molecule has 13 heavy (non-hydrogen) atoms. The molecule has 1 rings (SSSR count). The fourth-order valence-electron chi connectivity index (χ4n) is 0.517. The van der Waals surface area contributed by atoms with E-state index >= 15 is 0 Å². The van der Waals surface area contributed by atoms with Gasteiger partial charge in [0, 0.05) is 11.0 Å². The molecule has 1 aliphatic rings. The van der Waals surface area contributed by atoms with Gasteiger partial charge in [-0.2, -0.15) is 0 Å². The minimum atomic E-state index is -1.74. The molecule has 0 aromatic carbocycles. The highest BCUT2D eigenvalue weighted by Crippen LogP contribution is 2.27. The Labute approximate surface area is 77.3 Å². The smallest absolute Gasteiger partial charge is 0.450 e. The van der Waals surface area contributed by atoms with Crippen molar-refractivity contribution in [2.45, 2.75) is 13.3 Å². The number of ether oxygens (including phenoxy) is 1. The average molecular weight is 210 g/mol. The third kappa shape index (κ3) is 9.20. The Morgan fingerprint density at radius 3 is 2.23 bits per heavy atom. The van der Waals surface area contributed by atoms with E-state index in [1.165, 1.54) is 0 Å². The Kier molecular flexibility index (Phi) is 7.48. The Hall–Kier alpha value is -0.710. The van der Waals surface area contributed by atoms with Gasteiger partial charge in [0.05, 0.1) is 6.61 Å². The van der Waals surface area contributed by atoms with Gasteiger partial charge < -0.3 is 10.5 Å². The van der Waals surface area contributed by atoms with Crippen LogP contribution in [0.25, 0.3) is 0 Å². The van der Waals surface area contributed by atoms with E-state index < -0.39 is 14.3 Å². The number of hydrogen-bond donors (Lipinski definition) is 1. The summed E-state index contributed by atoms with van der Waals surface area (Å²) in [4.78, 5) is 9.60. The van der Waals surface area contributed by atoms with Crippen molar-refractivity contribution in [1.82, 2.24) is 0 Å². The summed E-state index contributed by atoms with van der Waals surface area (Å²) in [6.07, 6.45) is 0.152. The van der Waals surface area contributed by atoms with Gasteiger partial charge in [-0.3, -0.25) is 0 Å². The summed E-state index contributed by atoms with van der Waals surface area (Å²) >= 11 is 0. The second-order valence-corrected chi connectivity index (χ2v) is 2.96. The lowest BCUT2D eigenvalue weighted by Crippen LogP contribution is -2.11. The molecule has 1 heterocycles. The Morgan fingerprint density at radius 1 is 1.54 bits per heavy atom. The van der Waals surface area contributed by atoms with Crippen molar-refractivity contribution in [3.8, 4) is 0 Å². The van der Waals surface area contributed by atoms with E-state index in [9.17, 15) is 9.36 Å². The zero-order valence-corrected chi connectivity index (χ0v) is 8.29. The number of carbonyl (C=O) groups excluding carboxylic acids is 1. The molecule has 2 N–H and O–H groups in total. The minimum absolute atomic E-state index is 0.356. The average Bonchev–Trinajstić information content (AvgIpc) is 2.06. The molecular weight excluding hydrogens is 197 g/mol. The molecule has 7 heteroatoms. The van der Waals surface area contributed by atoms with Crippen LogP contribution in [0.2, 0.25) is 0 Å². The first-order valence-corrected chi connectivity index (χ1v) is 4.91. The number of amides is 1. The predicted molar refractivity (Wildman–Crippen MR) is 45.3 cm³/mol. The maximum atomic E-state index is 10.2. The largest absolute Gasteiger partial charge is 0.697 e. The Bertz CT molecular complexity index is 166. The summed E-state index contributed by atoms with van der Waals surface area (Å²) in [7, 11) is -1.74. The van der Waals surface area contributed by atoms with Crippen molar-refractivity contribution < 1.29 is 23.1 Å². The molecule has 0 radical (unpaired) electrons. The van der Waals surface area contributed by atoms with E-state index in [-0.39, 0.29) is 0 Å². The Morgan fingerprint density at radius 2 is 2.08 bits per heavy atom. The molecule has 0 atom stereocenters. The van der Waals surface area contributed by atoms with Gasteiger partial charge >= 0.3 is 14.3 Å². The summed E-state index contributed by atoms with van der Waals surface area (Å²) in [5, 5.41) is 0. The van der Waals surface area contributed by atoms with Crippen molar-refractivity contribution in [1.29, 1.82) is 0 Å². The van der Waals surface area contributed by atoms with Crippen molar-refractivity contribution >= 4 is 14.3 Å². The molecule has 1 amide bonds. The van der Waals surface area contributed by atoms with E-state index in [4.69, 9.17) is 0 Å². The summed E-state index contributed by atoms with van der Waals surface area (Å²) in [5.41, 5.74) is 4.54. The normalized spacial score (nSPS) is 15.6. The highest BCUT2D eigenvalue weighted by atomic mass is 31.1. The van der Waals surface area contributed by atoms with Crippen LogP contribution < -0.4 is 5.73 Å². The summed E-state index contributed by atoms with van der Waals surface area (Å²) < 4.78 is 23.5. The molecule has 0 spiro atoms. The van der Waals surface area contributed by atoms with Crippen molar-refractivity contribution in [2.75, 3.05) is 19.8 Å². The van der Waals surface area contributed by atoms with E-state index in [1.807, 2.05) is 0 Å². The molecule has 1 aliphatic heterocycles. The molecule has 0 aromatic rings. The van der Waals surface area contributed by atoms with Gasteiger partial charge in [-0.05, 0) is 6.92 Å². The molecule has 76 valence electrons. The molecule has 0 unspecified atom stereocenters. The number of nitrogens with two attached hydrogens (primary N) is 1. The van der Waals surface area contributed by atoms with E-state index in [0.717, 1.165) is 6.42 Å². The van der Waals surface area contributed by atoms with E-state index in [0.29, 0.717) is 19.8 Å². The van der Waals surface area contributed by atoms with Crippen LogP contribution in [-0.4, -0.2) is 25.9 Å². The third-order valence-electron chi connectivity index (χ3n) is 0.969. The van der Waals surface area contributed by atoms with E-state index in [1.54, 1.807) is 6.92 Å². The molecule has 0 saturated carbocycles. The summed E-state index contributed by atoms with van der Waals surface area (Å²) in [6, 6.07) is 0. The SMILES string of the molecule is CCOC(N)=O.O=[P+]1OCCCO1. The number of carbonyl (C=O) groups is 1. The lowest BCUT2D eigenvalue weighted by atomic mass is 10.5. The van der Waals surface area contributed by atoms with Crippen LogP contribution in [0.5, 0.6) is 0 Å². The molecule has 0 bridgehead atoms. The van der Waals surface area contributed by atoms with Crippen molar-refractivity contribution in [2.24, 2.45) is 5.73 Å². The summed E-state index contributed by atoms with van der Waals surface area (Å²) in [6.45, 7) is 3.21. The van der Waals surface area contributed by atoms with Gasteiger partial charge in [-0.25, -0.2) is 4.79 Å². The number of hydrogen-bond acceptors (Lipinski definition) is 5. The minimum Gasteiger partial charge on any atom is -0.450 e. The van der Waals surface area contributed by atoms with Gasteiger partial charge in [-0.1, -0.05) is 0 Å². The van der Waals surface area contributed by atoms with Crippen LogP contribution in [0.3, 0.4) is 0 Å². The zero-order chi connectivity index (χ0) is 10.1. The molecule has 1 saturated heterocycles. The first-order valence-electron chi connectivity index (χ1n) is 3.82. The fraction of sp³-hybridized carbons (Fsp3) is 0.833. The highest BCUT2D eigenvalue weighted by Gasteiger charge is 2.23. The monoisotopic (exact) mass is 210 g/mol. The van der Waals surface area contributed by atoms with Crippen LogP contribution in [0.1, 0.15) is 13.3 Å². The third-order valence-corrected chi connectivity index (χ3v) is 1.76. The number of rotatable bonds is 1. The Balaban J connectivity index is 0.000000226. The first kappa shape index (κ1) is 12.3. The molecule has 0 aliphatic carbocycles. The predicted octanol–water partition coefficient (Wildman–Crippen LogP) is 1.18. The van der Waals surface area contributed by atoms with Crippen LogP contribution in [-0.2, 0) is 18.3 Å². The topological polar surface area (TPSA) is 87.9 Å². The first-order chi connectivity index (χ1) is 6.16. The molecule has 6 nitrogen and oxygen atoms in total. The fourth-order valence-corrected chi connectivity index (χ4v) is 1.15. The second kappa shape index (κ2) is 7.91. The van der Waals surface area contributed by atoms with Gasteiger partial charge in [-0.15, -0.1) is 9.05 Å². The van der Waals surface area contributed by atoms with Crippen LogP contribution in [0, 0.1) is 0 Å². The number of primary amides is 1. The quantitative estimate of drug-likeness (QED) is 0.656. The van der Waals surface area contributed by atoms with Crippen LogP contribution in [0.4, 0.5) is 4.79 Å². The van der Waals surface area contributed by atoms with Gasteiger partial charge in [0.15, 0.2) is 0 Å². The lowest BCUT2D eigenvalue weighted by molar-refractivity contribution is 0.163. The van der Waals surface area contributed by atoms with Crippen molar-refractivity contribution in [3.63, 3.8) is 0 Å². The molecule has 0 aromatic heterocycles.